The van der Waals surface area contributed by atoms with E-state index in [9.17, 15) is 18.8 Å². The summed E-state index contributed by atoms with van der Waals surface area (Å²) in [6.45, 7) is 0. The number of methoxy groups -OCH3 is 1. The molecule has 2 rings (SSSR count). The van der Waals surface area contributed by atoms with Gasteiger partial charge in [0.2, 0.25) is 5.91 Å². The van der Waals surface area contributed by atoms with Gasteiger partial charge in [-0.15, -0.1) is 0 Å². The smallest absolute Gasteiger partial charge is 0.337 e. The van der Waals surface area contributed by atoms with Gasteiger partial charge in [-0.3, -0.25) is 9.59 Å². The summed E-state index contributed by atoms with van der Waals surface area (Å²) in [6.07, 6.45) is -0.0789. The molecule has 0 spiro atoms. The van der Waals surface area contributed by atoms with Crippen LogP contribution in [-0.2, 0) is 16.0 Å². The molecule has 0 bridgehead atoms. The third-order valence-corrected chi connectivity index (χ3v) is 3.58. The Morgan fingerprint density at radius 1 is 1.12 bits per heavy atom. The van der Waals surface area contributed by atoms with Crippen molar-refractivity contribution in [1.82, 2.24) is 5.32 Å². The number of esters is 1. The SMILES string of the molecule is COC(=O)c1cccc(C(=O)N[C@@H](Cc2ccccc2F)C(N)=O)c1. The van der Waals surface area contributed by atoms with Crippen LogP contribution in [0.15, 0.2) is 48.5 Å². The Labute approximate surface area is 143 Å². The number of primary amides is 1. The number of rotatable bonds is 6. The predicted octanol–water partition coefficient (Wildman–Crippen LogP) is 1.44. The lowest BCUT2D eigenvalue weighted by molar-refractivity contribution is -0.119. The first kappa shape index (κ1) is 18.1. The number of benzene rings is 2. The van der Waals surface area contributed by atoms with Crippen molar-refractivity contribution in [1.29, 1.82) is 0 Å². The second-order valence-electron chi connectivity index (χ2n) is 5.30. The highest BCUT2D eigenvalue weighted by Crippen LogP contribution is 2.11. The lowest BCUT2D eigenvalue weighted by Crippen LogP contribution is -2.46. The van der Waals surface area contributed by atoms with E-state index in [4.69, 9.17) is 5.73 Å². The Kier molecular flexibility index (Phi) is 5.84. The van der Waals surface area contributed by atoms with Crippen LogP contribution in [0.25, 0.3) is 0 Å². The molecular weight excluding hydrogens is 327 g/mol. The lowest BCUT2D eigenvalue weighted by atomic mass is 10.0. The second kappa shape index (κ2) is 8.05. The number of halogens is 1. The minimum Gasteiger partial charge on any atom is -0.465 e. The first-order valence-corrected chi connectivity index (χ1v) is 7.44. The van der Waals surface area contributed by atoms with Crippen LogP contribution in [0, 0.1) is 5.82 Å². The lowest BCUT2D eigenvalue weighted by Gasteiger charge is -2.16. The number of ether oxygens (including phenoxy) is 1. The van der Waals surface area contributed by atoms with Crippen molar-refractivity contribution < 1.29 is 23.5 Å². The molecule has 2 amide bonds. The molecule has 0 fully saturated rings. The van der Waals surface area contributed by atoms with Crippen molar-refractivity contribution in [3.05, 3.63) is 71.0 Å². The number of nitrogens with one attached hydrogen (secondary N) is 1. The van der Waals surface area contributed by atoms with E-state index in [1.807, 2.05) is 0 Å². The fraction of sp³-hybridized carbons (Fsp3) is 0.167. The minimum absolute atomic E-state index is 0.0789. The van der Waals surface area contributed by atoms with E-state index in [1.54, 1.807) is 6.07 Å². The number of carbonyl (C=O) groups excluding carboxylic acids is 3. The maximum atomic E-state index is 13.7. The van der Waals surface area contributed by atoms with Gasteiger partial charge in [-0.2, -0.15) is 0 Å². The summed E-state index contributed by atoms with van der Waals surface area (Å²) in [5, 5.41) is 2.46. The van der Waals surface area contributed by atoms with Crippen LogP contribution < -0.4 is 11.1 Å². The molecule has 6 nitrogen and oxygen atoms in total. The quantitative estimate of drug-likeness (QED) is 0.775. The molecule has 0 saturated carbocycles. The Bertz CT molecular complexity index is 807. The first-order chi connectivity index (χ1) is 11.9. The molecule has 25 heavy (non-hydrogen) atoms. The summed E-state index contributed by atoms with van der Waals surface area (Å²) in [5.41, 5.74) is 5.92. The molecule has 7 heteroatoms. The van der Waals surface area contributed by atoms with Crippen LogP contribution in [0.1, 0.15) is 26.3 Å². The number of hydrogen-bond acceptors (Lipinski definition) is 4. The first-order valence-electron chi connectivity index (χ1n) is 7.44. The van der Waals surface area contributed by atoms with Gasteiger partial charge in [0, 0.05) is 12.0 Å². The van der Waals surface area contributed by atoms with Crippen molar-refractivity contribution in [3.8, 4) is 0 Å². The molecule has 1 atom stereocenters. The molecule has 0 heterocycles. The topological polar surface area (TPSA) is 98.5 Å². The van der Waals surface area contributed by atoms with Gasteiger partial charge in [-0.05, 0) is 29.8 Å². The van der Waals surface area contributed by atoms with Gasteiger partial charge in [0.25, 0.3) is 5.91 Å². The summed E-state index contributed by atoms with van der Waals surface area (Å²) in [5.74, 6) is -2.48. The molecule has 0 aliphatic carbocycles. The van der Waals surface area contributed by atoms with Crippen LogP contribution in [-0.4, -0.2) is 30.9 Å². The largest absolute Gasteiger partial charge is 0.465 e. The molecule has 3 N–H and O–H groups in total. The predicted molar refractivity (Wildman–Crippen MR) is 88.3 cm³/mol. The van der Waals surface area contributed by atoms with Crippen molar-refractivity contribution in [3.63, 3.8) is 0 Å². The van der Waals surface area contributed by atoms with E-state index in [1.165, 1.54) is 49.6 Å². The normalized spacial score (nSPS) is 11.4. The Morgan fingerprint density at radius 3 is 2.44 bits per heavy atom. The zero-order chi connectivity index (χ0) is 18.4. The summed E-state index contributed by atoms with van der Waals surface area (Å²) in [7, 11) is 1.23. The Morgan fingerprint density at radius 2 is 1.80 bits per heavy atom. The van der Waals surface area contributed by atoms with E-state index >= 15 is 0 Å². The van der Waals surface area contributed by atoms with Gasteiger partial charge in [-0.1, -0.05) is 24.3 Å². The highest BCUT2D eigenvalue weighted by Gasteiger charge is 2.21. The standard InChI is InChI=1S/C18H17FN2O4/c1-25-18(24)13-7-4-6-12(9-13)17(23)21-15(16(20)22)10-11-5-2-3-8-14(11)19/h2-9,15H,10H2,1H3,(H2,20,22)(H,21,23)/t15-/m0/s1. The fourth-order valence-electron chi connectivity index (χ4n) is 2.25. The zero-order valence-corrected chi connectivity index (χ0v) is 13.5. The second-order valence-corrected chi connectivity index (χ2v) is 5.30. The van der Waals surface area contributed by atoms with Gasteiger partial charge in [-0.25, -0.2) is 9.18 Å². The van der Waals surface area contributed by atoms with Crippen molar-refractivity contribution in [2.75, 3.05) is 7.11 Å². The highest BCUT2D eigenvalue weighted by molar-refractivity contribution is 5.99. The number of carbonyl (C=O) groups is 3. The van der Waals surface area contributed by atoms with Gasteiger partial charge < -0.3 is 15.8 Å². The van der Waals surface area contributed by atoms with E-state index in [0.29, 0.717) is 0 Å². The van der Waals surface area contributed by atoms with Gasteiger partial charge in [0.05, 0.1) is 12.7 Å². The molecule has 130 valence electrons. The summed E-state index contributed by atoms with van der Waals surface area (Å²) >= 11 is 0. The van der Waals surface area contributed by atoms with Crippen LogP contribution in [0.4, 0.5) is 4.39 Å². The molecular formula is C18H17FN2O4. The van der Waals surface area contributed by atoms with Gasteiger partial charge in [0.15, 0.2) is 0 Å². The van der Waals surface area contributed by atoms with Crippen LogP contribution in [0.2, 0.25) is 0 Å². The molecule has 0 aromatic heterocycles. The molecule has 0 radical (unpaired) electrons. The van der Waals surface area contributed by atoms with Gasteiger partial charge >= 0.3 is 5.97 Å². The minimum atomic E-state index is -1.09. The van der Waals surface area contributed by atoms with Crippen molar-refractivity contribution in [2.45, 2.75) is 12.5 Å². The van der Waals surface area contributed by atoms with Crippen molar-refractivity contribution >= 4 is 17.8 Å². The monoisotopic (exact) mass is 344 g/mol. The molecule has 0 unspecified atom stereocenters. The Hall–Kier alpha value is -3.22. The van der Waals surface area contributed by atoms with E-state index in [0.717, 1.165) is 0 Å². The van der Waals surface area contributed by atoms with Crippen molar-refractivity contribution in [2.24, 2.45) is 5.73 Å². The Balaban J connectivity index is 2.17. The number of nitrogens with two attached hydrogens (primary N) is 1. The highest BCUT2D eigenvalue weighted by atomic mass is 19.1. The molecule has 0 aliphatic rings. The van der Waals surface area contributed by atoms with E-state index in [-0.39, 0.29) is 23.1 Å². The molecule has 0 aliphatic heterocycles. The average molecular weight is 344 g/mol. The maximum absolute atomic E-state index is 13.7. The number of hydrogen-bond donors (Lipinski definition) is 2. The zero-order valence-electron chi connectivity index (χ0n) is 13.5. The van der Waals surface area contributed by atoms with E-state index in [2.05, 4.69) is 10.1 Å². The number of amides is 2. The maximum Gasteiger partial charge on any atom is 0.337 e. The van der Waals surface area contributed by atoms with Gasteiger partial charge in [0.1, 0.15) is 11.9 Å². The third-order valence-electron chi connectivity index (χ3n) is 3.58. The molecule has 2 aromatic rings. The molecule has 2 aromatic carbocycles. The van der Waals surface area contributed by atoms with Crippen LogP contribution in [0.3, 0.4) is 0 Å². The summed E-state index contributed by atoms with van der Waals surface area (Å²) in [4.78, 5) is 35.5. The van der Waals surface area contributed by atoms with Crippen LogP contribution >= 0.6 is 0 Å². The third kappa shape index (κ3) is 4.63. The van der Waals surface area contributed by atoms with E-state index < -0.39 is 29.6 Å². The average Bonchev–Trinajstić information content (AvgIpc) is 2.62. The summed E-state index contributed by atoms with van der Waals surface area (Å²) < 4.78 is 18.3. The fourth-order valence-corrected chi connectivity index (χ4v) is 2.25. The molecule has 0 saturated heterocycles. The van der Waals surface area contributed by atoms with Crippen LogP contribution in [0.5, 0.6) is 0 Å². The summed E-state index contributed by atoms with van der Waals surface area (Å²) in [6, 6.07) is 10.6.